The maximum Gasteiger partial charge on any atom is 0.00505 e. The van der Waals surface area contributed by atoms with Crippen LogP contribution in [0.3, 0.4) is 0 Å². The topological polar surface area (TPSA) is 3.24 Å². The molecular weight excluding hydrogens is 206 g/mol. The molecule has 1 unspecified atom stereocenters. The Hall–Kier alpha value is -0.820. The fourth-order valence-corrected chi connectivity index (χ4v) is 2.87. The summed E-state index contributed by atoms with van der Waals surface area (Å²) in [6.07, 6.45) is 2.69. The third-order valence-electron chi connectivity index (χ3n) is 3.47. The van der Waals surface area contributed by atoms with Crippen molar-refractivity contribution in [1.82, 2.24) is 4.90 Å². The van der Waals surface area contributed by atoms with Crippen molar-refractivity contribution in [2.75, 3.05) is 19.6 Å². The predicted octanol–water partition coefficient (Wildman–Crippen LogP) is 3.91. The van der Waals surface area contributed by atoms with E-state index in [2.05, 4.69) is 56.0 Å². The highest BCUT2D eigenvalue weighted by atomic mass is 15.1. The van der Waals surface area contributed by atoms with Crippen molar-refractivity contribution in [3.63, 3.8) is 0 Å². The average Bonchev–Trinajstić information content (AvgIpc) is 2.28. The Bertz CT molecular complexity index is 336. The monoisotopic (exact) mass is 231 g/mol. The van der Waals surface area contributed by atoms with Crippen LogP contribution in [0.1, 0.15) is 45.1 Å². The van der Waals surface area contributed by atoms with Gasteiger partial charge in [0.1, 0.15) is 0 Å². The van der Waals surface area contributed by atoms with Crippen molar-refractivity contribution >= 4 is 0 Å². The maximum absolute atomic E-state index is 2.64. The Labute approximate surface area is 106 Å². The molecule has 1 fully saturated rings. The summed E-state index contributed by atoms with van der Waals surface area (Å²) in [6, 6.07) is 11.0. The number of benzene rings is 1. The van der Waals surface area contributed by atoms with Gasteiger partial charge in [0.05, 0.1) is 0 Å². The van der Waals surface area contributed by atoms with Crippen molar-refractivity contribution in [3.05, 3.63) is 35.9 Å². The molecule has 0 saturated carbocycles. The molecule has 1 nitrogen and oxygen atoms in total. The zero-order valence-corrected chi connectivity index (χ0v) is 11.4. The standard InChI is InChI=1S/C16H25N/c1-16(2,3)13-17-11-7-10-15(12-17)14-8-5-4-6-9-14/h4-6,8-9,15H,7,10-13H2,1-3H3. The Kier molecular flexibility index (Phi) is 3.88. The van der Waals surface area contributed by atoms with Crippen molar-refractivity contribution in [1.29, 1.82) is 0 Å². The van der Waals surface area contributed by atoms with E-state index in [1.54, 1.807) is 0 Å². The summed E-state index contributed by atoms with van der Waals surface area (Å²) < 4.78 is 0. The minimum Gasteiger partial charge on any atom is -0.302 e. The minimum atomic E-state index is 0.415. The molecule has 0 aliphatic carbocycles. The lowest BCUT2D eigenvalue weighted by atomic mass is 9.88. The van der Waals surface area contributed by atoms with E-state index in [9.17, 15) is 0 Å². The van der Waals surface area contributed by atoms with Gasteiger partial charge in [-0.15, -0.1) is 0 Å². The lowest BCUT2D eigenvalue weighted by molar-refractivity contribution is 0.151. The molecule has 0 amide bonds. The molecule has 0 spiro atoms. The van der Waals surface area contributed by atoms with E-state index in [-0.39, 0.29) is 0 Å². The molecule has 1 aromatic carbocycles. The van der Waals surface area contributed by atoms with Crippen molar-refractivity contribution in [2.45, 2.75) is 39.5 Å². The molecule has 1 aliphatic heterocycles. The summed E-state index contributed by atoms with van der Waals surface area (Å²) in [5, 5.41) is 0. The van der Waals surface area contributed by atoms with Crippen LogP contribution < -0.4 is 0 Å². The van der Waals surface area contributed by atoms with Gasteiger partial charge in [-0.05, 0) is 36.3 Å². The van der Waals surface area contributed by atoms with E-state index >= 15 is 0 Å². The van der Waals surface area contributed by atoms with Gasteiger partial charge in [0.15, 0.2) is 0 Å². The molecule has 0 bridgehead atoms. The molecule has 1 heterocycles. The molecule has 0 radical (unpaired) electrons. The second kappa shape index (κ2) is 5.22. The van der Waals surface area contributed by atoms with Gasteiger partial charge in [-0.25, -0.2) is 0 Å². The van der Waals surface area contributed by atoms with Crippen LogP contribution in [-0.2, 0) is 0 Å². The van der Waals surface area contributed by atoms with E-state index in [1.165, 1.54) is 38.0 Å². The number of hydrogen-bond acceptors (Lipinski definition) is 1. The predicted molar refractivity (Wildman–Crippen MR) is 74.3 cm³/mol. The van der Waals surface area contributed by atoms with Crippen LogP contribution in [-0.4, -0.2) is 24.5 Å². The molecule has 0 aromatic heterocycles. The van der Waals surface area contributed by atoms with Gasteiger partial charge in [-0.1, -0.05) is 51.1 Å². The highest BCUT2D eigenvalue weighted by Gasteiger charge is 2.24. The Morgan fingerprint density at radius 1 is 1.18 bits per heavy atom. The van der Waals surface area contributed by atoms with Crippen LogP contribution in [0.2, 0.25) is 0 Å². The van der Waals surface area contributed by atoms with Gasteiger partial charge in [-0.2, -0.15) is 0 Å². The summed E-state index contributed by atoms with van der Waals surface area (Å²) in [7, 11) is 0. The number of piperidine rings is 1. The summed E-state index contributed by atoms with van der Waals surface area (Å²) >= 11 is 0. The van der Waals surface area contributed by atoms with Crippen LogP contribution in [0.15, 0.2) is 30.3 Å². The Morgan fingerprint density at radius 2 is 1.88 bits per heavy atom. The SMILES string of the molecule is CC(C)(C)CN1CCCC(c2ccccc2)C1. The summed E-state index contributed by atoms with van der Waals surface area (Å²) in [5.41, 5.74) is 1.93. The van der Waals surface area contributed by atoms with Gasteiger partial charge >= 0.3 is 0 Å². The van der Waals surface area contributed by atoms with Crippen LogP contribution in [0, 0.1) is 5.41 Å². The molecular formula is C16H25N. The van der Waals surface area contributed by atoms with E-state index in [0.717, 1.165) is 5.92 Å². The second-order valence-corrected chi connectivity index (χ2v) is 6.55. The zero-order chi connectivity index (χ0) is 12.3. The number of rotatable bonds is 2. The summed E-state index contributed by atoms with van der Waals surface area (Å²) in [5.74, 6) is 0.743. The molecule has 1 aliphatic rings. The fourth-order valence-electron chi connectivity index (χ4n) is 2.87. The zero-order valence-electron chi connectivity index (χ0n) is 11.4. The molecule has 1 saturated heterocycles. The van der Waals surface area contributed by atoms with Crippen LogP contribution in [0.4, 0.5) is 0 Å². The quantitative estimate of drug-likeness (QED) is 0.746. The third kappa shape index (κ3) is 3.85. The lowest BCUT2D eigenvalue weighted by Gasteiger charge is -2.36. The number of likely N-dealkylation sites (tertiary alicyclic amines) is 1. The van der Waals surface area contributed by atoms with E-state index in [4.69, 9.17) is 0 Å². The average molecular weight is 231 g/mol. The van der Waals surface area contributed by atoms with Gasteiger partial charge in [-0.3, -0.25) is 0 Å². The van der Waals surface area contributed by atoms with Crippen molar-refractivity contribution in [3.8, 4) is 0 Å². The largest absolute Gasteiger partial charge is 0.302 e. The fraction of sp³-hybridized carbons (Fsp3) is 0.625. The minimum absolute atomic E-state index is 0.415. The van der Waals surface area contributed by atoms with Crippen molar-refractivity contribution in [2.24, 2.45) is 5.41 Å². The number of nitrogens with zero attached hydrogens (tertiary/aromatic N) is 1. The van der Waals surface area contributed by atoms with Crippen LogP contribution in [0.25, 0.3) is 0 Å². The van der Waals surface area contributed by atoms with Gasteiger partial charge in [0, 0.05) is 13.1 Å². The first-order valence-corrected chi connectivity index (χ1v) is 6.82. The first kappa shape index (κ1) is 12.6. The molecule has 2 rings (SSSR count). The third-order valence-corrected chi connectivity index (χ3v) is 3.47. The molecule has 1 heteroatoms. The second-order valence-electron chi connectivity index (χ2n) is 6.55. The normalized spacial score (nSPS) is 22.6. The first-order valence-electron chi connectivity index (χ1n) is 6.82. The van der Waals surface area contributed by atoms with Gasteiger partial charge < -0.3 is 4.90 Å². The highest BCUT2D eigenvalue weighted by molar-refractivity contribution is 5.20. The lowest BCUT2D eigenvalue weighted by Crippen LogP contribution is -2.39. The molecule has 1 atom stereocenters. The smallest absolute Gasteiger partial charge is 0.00505 e. The Morgan fingerprint density at radius 3 is 2.53 bits per heavy atom. The van der Waals surface area contributed by atoms with Crippen molar-refractivity contribution < 1.29 is 0 Å². The molecule has 0 N–H and O–H groups in total. The first-order chi connectivity index (χ1) is 8.04. The molecule has 94 valence electrons. The highest BCUT2D eigenvalue weighted by Crippen LogP contribution is 2.28. The van der Waals surface area contributed by atoms with E-state index in [1.807, 2.05) is 0 Å². The van der Waals surface area contributed by atoms with Gasteiger partial charge in [0.25, 0.3) is 0 Å². The summed E-state index contributed by atoms with van der Waals surface area (Å²) in [4.78, 5) is 2.64. The van der Waals surface area contributed by atoms with Crippen LogP contribution >= 0.6 is 0 Å². The van der Waals surface area contributed by atoms with E-state index in [0.29, 0.717) is 5.41 Å². The number of hydrogen-bond donors (Lipinski definition) is 0. The van der Waals surface area contributed by atoms with E-state index < -0.39 is 0 Å². The van der Waals surface area contributed by atoms with Crippen LogP contribution in [0.5, 0.6) is 0 Å². The van der Waals surface area contributed by atoms with Gasteiger partial charge in [0.2, 0.25) is 0 Å². The summed E-state index contributed by atoms with van der Waals surface area (Å²) in [6.45, 7) is 10.7. The molecule has 1 aromatic rings. The maximum atomic E-state index is 2.64. The molecule has 17 heavy (non-hydrogen) atoms. The Balaban J connectivity index is 1.98.